The molecule has 3 aromatic rings. The molecule has 0 aliphatic rings. The van der Waals surface area contributed by atoms with E-state index in [0.717, 1.165) is 17.0 Å². The Bertz CT molecular complexity index is 769. The fraction of sp³-hybridized carbons (Fsp3) is 0.133. The highest BCUT2D eigenvalue weighted by molar-refractivity contribution is 5.91. The predicted molar refractivity (Wildman–Crippen MR) is 79.6 cm³/mol. The van der Waals surface area contributed by atoms with Crippen molar-refractivity contribution in [3.8, 4) is 11.3 Å². The second-order valence-corrected chi connectivity index (χ2v) is 4.65. The fourth-order valence-corrected chi connectivity index (χ4v) is 2.08. The van der Waals surface area contributed by atoms with E-state index in [0.29, 0.717) is 6.54 Å². The molecule has 110 valence electrons. The van der Waals surface area contributed by atoms with E-state index in [-0.39, 0.29) is 11.6 Å². The summed E-state index contributed by atoms with van der Waals surface area (Å²) in [7, 11) is 1.86. The van der Waals surface area contributed by atoms with Gasteiger partial charge in [0.1, 0.15) is 5.69 Å². The smallest absolute Gasteiger partial charge is 0.271 e. The van der Waals surface area contributed by atoms with Crippen LogP contribution < -0.4 is 5.32 Å². The molecule has 3 aromatic heterocycles. The van der Waals surface area contributed by atoms with Crippen LogP contribution in [0.1, 0.15) is 16.2 Å². The average Bonchev–Trinajstić information content (AvgIpc) is 2.95. The molecule has 7 heteroatoms. The van der Waals surface area contributed by atoms with Crippen molar-refractivity contribution >= 4 is 5.91 Å². The van der Waals surface area contributed by atoms with Crippen molar-refractivity contribution in [1.29, 1.82) is 0 Å². The minimum Gasteiger partial charge on any atom is -0.345 e. The number of carbonyl (C=O) groups is 1. The van der Waals surface area contributed by atoms with Gasteiger partial charge < -0.3 is 5.32 Å². The minimum atomic E-state index is -0.274. The molecule has 22 heavy (non-hydrogen) atoms. The van der Waals surface area contributed by atoms with E-state index in [1.54, 1.807) is 17.1 Å². The summed E-state index contributed by atoms with van der Waals surface area (Å²) in [5.41, 5.74) is 3.04. The second-order valence-electron chi connectivity index (χ2n) is 4.65. The molecule has 0 atom stereocenters. The van der Waals surface area contributed by atoms with Crippen molar-refractivity contribution in [1.82, 2.24) is 30.0 Å². The number of nitrogens with zero attached hydrogens (tertiary/aromatic N) is 5. The molecule has 1 amide bonds. The quantitative estimate of drug-likeness (QED) is 0.781. The zero-order chi connectivity index (χ0) is 15.4. The average molecular weight is 294 g/mol. The highest BCUT2D eigenvalue weighted by Crippen LogP contribution is 2.18. The second kappa shape index (κ2) is 6.13. The van der Waals surface area contributed by atoms with Crippen molar-refractivity contribution in [3.05, 3.63) is 60.6 Å². The monoisotopic (exact) mass is 294 g/mol. The maximum absolute atomic E-state index is 11.9. The van der Waals surface area contributed by atoms with Crippen LogP contribution >= 0.6 is 0 Å². The van der Waals surface area contributed by atoms with Gasteiger partial charge in [-0.3, -0.25) is 19.4 Å². The summed E-state index contributed by atoms with van der Waals surface area (Å²) in [5.74, 6) is -0.274. The number of amides is 1. The molecule has 0 aliphatic carbocycles. The number of aromatic nitrogens is 5. The lowest BCUT2D eigenvalue weighted by molar-refractivity contribution is 0.0945. The molecule has 1 N–H and O–H groups in total. The van der Waals surface area contributed by atoms with Crippen LogP contribution in [0, 0.1) is 0 Å². The SMILES string of the molecule is Cn1nc(CNC(=O)c2cnccn2)cc1-c1ccncc1. The standard InChI is InChI=1S/C15H14N6O/c1-21-14(11-2-4-16-5-3-11)8-12(20-21)9-19-15(22)13-10-17-6-7-18-13/h2-8,10H,9H2,1H3,(H,19,22). The Morgan fingerprint density at radius 1 is 1.18 bits per heavy atom. The van der Waals surface area contributed by atoms with Crippen LogP contribution in [-0.2, 0) is 13.6 Å². The van der Waals surface area contributed by atoms with Crippen LogP contribution in [0.25, 0.3) is 11.3 Å². The van der Waals surface area contributed by atoms with Gasteiger partial charge in [-0.1, -0.05) is 0 Å². The van der Waals surface area contributed by atoms with Crippen LogP contribution in [0.15, 0.2) is 49.2 Å². The molecule has 0 unspecified atom stereocenters. The van der Waals surface area contributed by atoms with Crippen LogP contribution in [0.5, 0.6) is 0 Å². The Morgan fingerprint density at radius 3 is 2.73 bits per heavy atom. The van der Waals surface area contributed by atoms with Gasteiger partial charge in [0, 0.05) is 37.4 Å². The van der Waals surface area contributed by atoms with E-state index < -0.39 is 0 Å². The molecule has 0 saturated carbocycles. The summed E-state index contributed by atoms with van der Waals surface area (Å²) >= 11 is 0. The van der Waals surface area contributed by atoms with Gasteiger partial charge in [-0.15, -0.1) is 0 Å². The summed E-state index contributed by atoms with van der Waals surface area (Å²) in [5, 5.41) is 7.18. The Balaban J connectivity index is 1.71. The molecule has 0 bridgehead atoms. The molecular weight excluding hydrogens is 280 g/mol. The molecule has 0 aromatic carbocycles. The van der Waals surface area contributed by atoms with Crippen molar-refractivity contribution in [2.45, 2.75) is 6.54 Å². The summed E-state index contributed by atoms with van der Waals surface area (Å²) in [6.07, 6.45) is 7.90. The van der Waals surface area contributed by atoms with E-state index in [2.05, 4.69) is 25.4 Å². The molecular formula is C15H14N6O. The summed E-state index contributed by atoms with van der Waals surface area (Å²) in [4.78, 5) is 23.7. The first-order valence-electron chi connectivity index (χ1n) is 6.71. The number of aryl methyl sites for hydroxylation is 1. The van der Waals surface area contributed by atoms with E-state index in [9.17, 15) is 4.79 Å². The van der Waals surface area contributed by atoms with Gasteiger partial charge in [-0.05, 0) is 18.2 Å². The predicted octanol–water partition coefficient (Wildman–Crippen LogP) is 1.20. The number of hydrogen-bond acceptors (Lipinski definition) is 5. The molecule has 0 aliphatic heterocycles. The van der Waals surface area contributed by atoms with Crippen molar-refractivity contribution < 1.29 is 4.79 Å². The Kier molecular flexibility index (Phi) is 3.86. The molecule has 3 rings (SSSR count). The maximum Gasteiger partial charge on any atom is 0.271 e. The van der Waals surface area contributed by atoms with E-state index in [1.165, 1.54) is 18.6 Å². The number of rotatable bonds is 4. The molecule has 3 heterocycles. The minimum absolute atomic E-state index is 0.274. The first-order chi connectivity index (χ1) is 10.7. The molecule has 0 saturated heterocycles. The number of hydrogen-bond donors (Lipinski definition) is 1. The molecule has 0 spiro atoms. The number of nitrogens with one attached hydrogen (secondary N) is 1. The highest BCUT2D eigenvalue weighted by atomic mass is 16.1. The van der Waals surface area contributed by atoms with Gasteiger partial charge in [0.15, 0.2) is 0 Å². The summed E-state index contributed by atoms with van der Waals surface area (Å²) < 4.78 is 1.78. The fourth-order valence-electron chi connectivity index (χ4n) is 2.08. The molecule has 0 fully saturated rings. The largest absolute Gasteiger partial charge is 0.345 e. The van der Waals surface area contributed by atoms with E-state index in [4.69, 9.17) is 0 Å². The van der Waals surface area contributed by atoms with Crippen LogP contribution in [0.2, 0.25) is 0 Å². The van der Waals surface area contributed by atoms with Crippen molar-refractivity contribution in [2.24, 2.45) is 7.05 Å². The lowest BCUT2D eigenvalue weighted by atomic mass is 10.2. The van der Waals surface area contributed by atoms with Crippen LogP contribution in [0.3, 0.4) is 0 Å². The normalized spacial score (nSPS) is 10.4. The van der Waals surface area contributed by atoms with Crippen LogP contribution in [-0.4, -0.2) is 30.6 Å². The van der Waals surface area contributed by atoms with Gasteiger partial charge >= 0.3 is 0 Å². The van der Waals surface area contributed by atoms with Gasteiger partial charge in [-0.2, -0.15) is 5.10 Å². The summed E-state index contributed by atoms with van der Waals surface area (Å²) in [6.45, 7) is 0.328. The third-order valence-electron chi connectivity index (χ3n) is 3.13. The van der Waals surface area contributed by atoms with Crippen molar-refractivity contribution in [3.63, 3.8) is 0 Å². The first kappa shape index (κ1) is 13.9. The summed E-state index contributed by atoms with van der Waals surface area (Å²) in [6, 6.07) is 5.77. The molecule has 7 nitrogen and oxygen atoms in total. The zero-order valence-corrected chi connectivity index (χ0v) is 12.0. The lowest BCUT2D eigenvalue weighted by Crippen LogP contribution is -2.24. The van der Waals surface area contributed by atoms with Gasteiger partial charge in [0.2, 0.25) is 0 Å². The van der Waals surface area contributed by atoms with E-state index in [1.807, 2.05) is 25.2 Å². The third-order valence-corrected chi connectivity index (χ3v) is 3.13. The van der Waals surface area contributed by atoms with Crippen molar-refractivity contribution in [2.75, 3.05) is 0 Å². The van der Waals surface area contributed by atoms with E-state index >= 15 is 0 Å². The Morgan fingerprint density at radius 2 is 2.00 bits per heavy atom. The molecule has 0 radical (unpaired) electrons. The highest BCUT2D eigenvalue weighted by Gasteiger charge is 2.10. The van der Waals surface area contributed by atoms with Gasteiger partial charge in [-0.25, -0.2) is 4.98 Å². The lowest BCUT2D eigenvalue weighted by Gasteiger charge is -2.01. The van der Waals surface area contributed by atoms with Crippen LogP contribution in [0.4, 0.5) is 0 Å². The number of carbonyl (C=O) groups excluding carboxylic acids is 1. The Labute approximate surface area is 127 Å². The zero-order valence-electron chi connectivity index (χ0n) is 12.0. The first-order valence-corrected chi connectivity index (χ1v) is 6.71. The Hall–Kier alpha value is -3.09. The van der Waals surface area contributed by atoms with Gasteiger partial charge in [0.25, 0.3) is 5.91 Å². The third kappa shape index (κ3) is 2.98. The topological polar surface area (TPSA) is 85.6 Å². The number of pyridine rings is 1. The van der Waals surface area contributed by atoms with Gasteiger partial charge in [0.05, 0.1) is 24.1 Å². The maximum atomic E-state index is 11.9.